The minimum Gasteiger partial charge on any atom is -0.384 e. The predicted octanol–water partition coefficient (Wildman–Crippen LogP) is 4.00. The van der Waals surface area contributed by atoms with Crippen molar-refractivity contribution in [1.82, 2.24) is 19.9 Å². The standard InChI is InChI=1S/C21H25Cl2N7/c1-29-9-11-30(12-10-29)21-27-19(23)14-20(28-21)26-7-2-6-24-17-5-8-25-18-13-15(22)3-4-16(17)18/h3-5,8,13-14H,2,6-7,9-12H2,1H3,(H,24,25)(H,26,27,28). The second kappa shape index (κ2) is 9.64. The molecule has 0 saturated carbocycles. The molecule has 7 nitrogen and oxygen atoms in total. The number of halogens is 2. The fraction of sp³-hybridized carbons (Fsp3) is 0.381. The number of hydrogen-bond donors (Lipinski definition) is 2. The lowest BCUT2D eigenvalue weighted by atomic mass is 10.2. The normalized spacial score (nSPS) is 14.8. The maximum Gasteiger partial charge on any atom is 0.228 e. The fourth-order valence-corrected chi connectivity index (χ4v) is 3.79. The van der Waals surface area contributed by atoms with E-state index in [0.717, 1.165) is 68.1 Å². The highest BCUT2D eigenvalue weighted by atomic mass is 35.5. The molecule has 3 aromatic rings. The second-order valence-electron chi connectivity index (χ2n) is 7.39. The van der Waals surface area contributed by atoms with Gasteiger partial charge in [0.2, 0.25) is 5.95 Å². The quantitative estimate of drug-likeness (QED) is 0.420. The zero-order valence-electron chi connectivity index (χ0n) is 16.9. The number of aromatic nitrogens is 3. The van der Waals surface area contributed by atoms with Gasteiger partial charge in [-0.3, -0.25) is 4.98 Å². The molecule has 2 aromatic heterocycles. The van der Waals surface area contributed by atoms with E-state index >= 15 is 0 Å². The highest BCUT2D eigenvalue weighted by Gasteiger charge is 2.17. The molecule has 9 heteroatoms. The molecule has 0 unspecified atom stereocenters. The van der Waals surface area contributed by atoms with E-state index in [9.17, 15) is 0 Å². The number of rotatable bonds is 7. The number of nitrogens with one attached hydrogen (secondary N) is 2. The number of anilines is 3. The van der Waals surface area contributed by atoms with Crippen molar-refractivity contribution in [1.29, 1.82) is 0 Å². The zero-order valence-corrected chi connectivity index (χ0v) is 18.4. The first-order chi connectivity index (χ1) is 14.6. The van der Waals surface area contributed by atoms with Crippen molar-refractivity contribution in [2.75, 3.05) is 61.8 Å². The fourth-order valence-electron chi connectivity index (χ4n) is 3.45. The number of hydrogen-bond acceptors (Lipinski definition) is 7. The number of benzene rings is 1. The van der Waals surface area contributed by atoms with Gasteiger partial charge < -0.3 is 20.4 Å². The third-order valence-electron chi connectivity index (χ3n) is 5.15. The van der Waals surface area contributed by atoms with Gasteiger partial charge in [0.25, 0.3) is 0 Å². The third-order valence-corrected chi connectivity index (χ3v) is 5.58. The van der Waals surface area contributed by atoms with Gasteiger partial charge in [-0.1, -0.05) is 23.2 Å². The van der Waals surface area contributed by atoms with Gasteiger partial charge in [-0.25, -0.2) is 4.98 Å². The van der Waals surface area contributed by atoms with E-state index in [4.69, 9.17) is 23.2 Å². The lowest BCUT2D eigenvalue weighted by molar-refractivity contribution is 0.311. The van der Waals surface area contributed by atoms with Crippen LogP contribution < -0.4 is 15.5 Å². The predicted molar refractivity (Wildman–Crippen MR) is 125 cm³/mol. The molecule has 1 fully saturated rings. The Bertz CT molecular complexity index is 1010. The van der Waals surface area contributed by atoms with Crippen molar-refractivity contribution in [2.24, 2.45) is 0 Å². The van der Waals surface area contributed by atoms with Crippen LogP contribution in [-0.4, -0.2) is 66.2 Å². The Labute approximate surface area is 186 Å². The number of piperazine rings is 1. The Hall–Kier alpha value is -2.35. The third kappa shape index (κ3) is 5.22. The van der Waals surface area contributed by atoms with Crippen LogP contribution in [0.1, 0.15) is 6.42 Å². The lowest BCUT2D eigenvalue weighted by Crippen LogP contribution is -2.45. The number of nitrogens with zero attached hydrogens (tertiary/aromatic N) is 5. The molecule has 0 aliphatic carbocycles. The highest BCUT2D eigenvalue weighted by molar-refractivity contribution is 6.31. The van der Waals surface area contributed by atoms with Gasteiger partial charge in [0.1, 0.15) is 11.0 Å². The molecule has 2 N–H and O–H groups in total. The number of fused-ring (bicyclic) bond motifs is 1. The van der Waals surface area contributed by atoms with Crippen LogP contribution >= 0.6 is 23.2 Å². The smallest absolute Gasteiger partial charge is 0.228 e. The van der Waals surface area contributed by atoms with Gasteiger partial charge in [0.05, 0.1) is 5.52 Å². The van der Waals surface area contributed by atoms with E-state index in [1.807, 2.05) is 24.3 Å². The maximum absolute atomic E-state index is 6.23. The van der Waals surface area contributed by atoms with Gasteiger partial charge in [-0.15, -0.1) is 0 Å². The van der Waals surface area contributed by atoms with Crippen LogP contribution in [-0.2, 0) is 0 Å². The van der Waals surface area contributed by atoms with Crippen LogP contribution in [0.3, 0.4) is 0 Å². The Morgan fingerprint density at radius 3 is 2.60 bits per heavy atom. The van der Waals surface area contributed by atoms with E-state index in [1.54, 1.807) is 12.3 Å². The molecule has 1 aliphatic heterocycles. The molecular weight excluding hydrogens is 421 g/mol. The summed E-state index contributed by atoms with van der Waals surface area (Å²) >= 11 is 12.3. The van der Waals surface area contributed by atoms with Crippen molar-refractivity contribution in [2.45, 2.75) is 6.42 Å². The Kier molecular flexibility index (Phi) is 6.72. The van der Waals surface area contributed by atoms with Crippen molar-refractivity contribution in [3.63, 3.8) is 0 Å². The molecule has 0 amide bonds. The van der Waals surface area contributed by atoms with Crippen LogP contribution in [0.2, 0.25) is 10.2 Å². The maximum atomic E-state index is 6.23. The van der Waals surface area contributed by atoms with E-state index in [2.05, 4.69) is 42.4 Å². The Morgan fingerprint density at radius 1 is 0.967 bits per heavy atom. The topological polar surface area (TPSA) is 69.2 Å². The molecule has 1 aromatic carbocycles. The van der Waals surface area contributed by atoms with E-state index in [0.29, 0.717) is 16.1 Å². The lowest BCUT2D eigenvalue weighted by Gasteiger charge is -2.32. The molecule has 30 heavy (non-hydrogen) atoms. The Morgan fingerprint density at radius 2 is 1.77 bits per heavy atom. The minimum atomic E-state index is 0.460. The molecular formula is C21H25Cl2N7. The molecule has 3 heterocycles. The molecule has 0 bridgehead atoms. The molecule has 1 saturated heterocycles. The van der Waals surface area contributed by atoms with Crippen molar-refractivity contribution < 1.29 is 0 Å². The van der Waals surface area contributed by atoms with Crippen LogP contribution in [0.25, 0.3) is 10.9 Å². The highest BCUT2D eigenvalue weighted by Crippen LogP contribution is 2.24. The number of likely N-dealkylation sites (N-methyl/N-ethyl adjacent to an activating group) is 1. The van der Waals surface area contributed by atoms with Crippen LogP contribution in [0.4, 0.5) is 17.5 Å². The van der Waals surface area contributed by atoms with Gasteiger partial charge in [0.15, 0.2) is 0 Å². The SMILES string of the molecule is CN1CCN(c2nc(Cl)cc(NCCCNc3ccnc4cc(Cl)ccc34)n2)CC1. The van der Waals surface area contributed by atoms with Crippen LogP contribution in [0, 0.1) is 0 Å². The molecule has 0 atom stereocenters. The first kappa shape index (κ1) is 20.9. The van der Waals surface area contributed by atoms with Gasteiger partial charge >= 0.3 is 0 Å². The zero-order chi connectivity index (χ0) is 20.9. The van der Waals surface area contributed by atoms with Gasteiger partial charge in [-0.2, -0.15) is 4.98 Å². The average Bonchev–Trinajstić information content (AvgIpc) is 2.73. The van der Waals surface area contributed by atoms with Crippen molar-refractivity contribution in [3.8, 4) is 0 Å². The van der Waals surface area contributed by atoms with Crippen molar-refractivity contribution in [3.05, 3.63) is 46.7 Å². The summed E-state index contributed by atoms with van der Waals surface area (Å²) < 4.78 is 0. The summed E-state index contributed by atoms with van der Waals surface area (Å²) in [5.74, 6) is 1.45. The van der Waals surface area contributed by atoms with E-state index in [-0.39, 0.29) is 0 Å². The molecule has 0 radical (unpaired) electrons. The summed E-state index contributed by atoms with van der Waals surface area (Å²) in [7, 11) is 2.13. The first-order valence-corrected chi connectivity index (χ1v) is 10.8. The van der Waals surface area contributed by atoms with Gasteiger partial charge in [0, 0.05) is 67.6 Å². The van der Waals surface area contributed by atoms with Crippen LogP contribution in [0.15, 0.2) is 36.5 Å². The molecule has 158 valence electrons. The molecule has 4 rings (SSSR count). The summed E-state index contributed by atoms with van der Waals surface area (Å²) in [6.45, 7) is 5.41. The largest absolute Gasteiger partial charge is 0.384 e. The number of pyridine rings is 1. The summed E-state index contributed by atoms with van der Waals surface area (Å²) in [6.07, 6.45) is 2.71. The summed E-state index contributed by atoms with van der Waals surface area (Å²) in [5.41, 5.74) is 1.94. The summed E-state index contributed by atoms with van der Waals surface area (Å²) in [5, 5.41) is 9.05. The van der Waals surface area contributed by atoms with Crippen molar-refractivity contribution >= 4 is 51.6 Å². The van der Waals surface area contributed by atoms with E-state index in [1.165, 1.54) is 0 Å². The summed E-state index contributed by atoms with van der Waals surface area (Å²) in [4.78, 5) is 17.9. The first-order valence-electron chi connectivity index (χ1n) is 10.1. The average molecular weight is 446 g/mol. The second-order valence-corrected chi connectivity index (χ2v) is 8.22. The molecule has 1 aliphatic rings. The molecule has 0 spiro atoms. The van der Waals surface area contributed by atoms with Gasteiger partial charge in [-0.05, 0) is 37.7 Å². The monoisotopic (exact) mass is 445 g/mol. The Balaban J connectivity index is 1.30. The van der Waals surface area contributed by atoms with E-state index < -0.39 is 0 Å². The minimum absolute atomic E-state index is 0.460. The van der Waals surface area contributed by atoms with Crippen LogP contribution in [0.5, 0.6) is 0 Å². The summed E-state index contributed by atoms with van der Waals surface area (Å²) in [6, 6.07) is 9.51.